The van der Waals surface area contributed by atoms with Gasteiger partial charge in [0.25, 0.3) is 5.22 Å². The van der Waals surface area contributed by atoms with Gasteiger partial charge in [-0.3, -0.25) is 4.79 Å². The van der Waals surface area contributed by atoms with Crippen molar-refractivity contribution in [3.05, 3.63) is 41.4 Å². The van der Waals surface area contributed by atoms with E-state index in [9.17, 15) is 4.79 Å². The Balaban J connectivity index is 1.98. The molecule has 1 N–H and O–H groups in total. The molecule has 2 rings (SSSR count). The normalized spacial score (nSPS) is 10.2. The molecule has 0 aliphatic rings. The minimum absolute atomic E-state index is 0.101. The lowest BCUT2D eigenvalue weighted by Crippen LogP contribution is -2.24. The van der Waals surface area contributed by atoms with E-state index in [2.05, 4.69) is 38.0 Å². The van der Waals surface area contributed by atoms with Crippen LogP contribution < -0.4 is 5.32 Å². The summed E-state index contributed by atoms with van der Waals surface area (Å²) >= 11 is 4.62. The molecule has 0 atom stereocenters. The molecule has 5 nitrogen and oxygen atoms in total. The lowest BCUT2D eigenvalue weighted by Gasteiger charge is -1.99. The summed E-state index contributed by atoms with van der Waals surface area (Å²) in [5, 5.41) is 10.9. The highest BCUT2D eigenvalue weighted by Gasteiger charge is 2.12. The highest BCUT2D eigenvalue weighted by Crippen LogP contribution is 2.28. The first-order valence-electron chi connectivity index (χ1n) is 5.79. The summed E-state index contributed by atoms with van der Waals surface area (Å²) in [5.41, 5.74) is 0.822. The molecule has 0 unspecified atom stereocenters. The van der Waals surface area contributed by atoms with Gasteiger partial charge < -0.3 is 9.73 Å². The average Bonchev–Trinajstić information content (AvgIpc) is 2.92. The van der Waals surface area contributed by atoms with Crippen LogP contribution in [0.3, 0.4) is 0 Å². The first-order valence-corrected chi connectivity index (χ1v) is 7.57. The highest BCUT2D eigenvalue weighted by molar-refractivity contribution is 9.10. The molecule has 0 aliphatic heterocycles. The average molecular weight is 354 g/mol. The molecule has 1 amide bonds. The van der Waals surface area contributed by atoms with Gasteiger partial charge >= 0.3 is 0 Å². The zero-order valence-electron chi connectivity index (χ0n) is 10.5. The van der Waals surface area contributed by atoms with Crippen LogP contribution in [-0.2, 0) is 4.79 Å². The minimum Gasteiger partial charge on any atom is -0.411 e. The second kappa shape index (κ2) is 7.25. The number of nitrogens with zero attached hydrogens (tertiary/aromatic N) is 2. The number of rotatable bonds is 6. The fraction of sp³-hybridized carbons (Fsp3) is 0.154. The van der Waals surface area contributed by atoms with Gasteiger partial charge in [0.1, 0.15) is 0 Å². The Morgan fingerprint density at radius 1 is 1.45 bits per heavy atom. The van der Waals surface area contributed by atoms with E-state index in [0.29, 0.717) is 17.7 Å². The number of hydrogen-bond acceptors (Lipinski definition) is 5. The lowest BCUT2D eigenvalue weighted by atomic mass is 10.2. The molecule has 2 aromatic rings. The van der Waals surface area contributed by atoms with E-state index in [-0.39, 0.29) is 11.7 Å². The van der Waals surface area contributed by atoms with E-state index in [4.69, 9.17) is 4.42 Å². The first-order chi connectivity index (χ1) is 9.70. The molecule has 0 radical (unpaired) electrons. The van der Waals surface area contributed by atoms with Gasteiger partial charge in [-0.15, -0.1) is 16.8 Å². The van der Waals surface area contributed by atoms with Gasteiger partial charge in [0, 0.05) is 11.0 Å². The molecule has 0 spiro atoms. The van der Waals surface area contributed by atoms with Crippen LogP contribution in [0.5, 0.6) is 0 Å². The van der Waals surface area contributed by atoms with Crippen molar-refractivity contribution in [3.8, 4) is 11.5 Å². The zero-order chi connectivity index (χ0) is 14.4. The third-order valence-corrected chi connectivity index (χ3v) is 3.79. The minimum atomic E-state index is -0.101. The Morgan fingerprint density at radius 2 is 2.25 bits per heavy atom. The van der Waals surface area contributed by atoms with Gasteiger partial charge in [-0.1, -0.05) is 30.0 Å². The van der Waals surface area contributed by atoms with Crippen molar-refractivity contribution in [3.63, 3.8) is 0 Å². The summed E-state index contributed by atoms with van der Waals surface area (Å²) in [7, 11) is 0. The number of halogens is 1. The first kappa shape index (κ1) is 14.8. The smallest absolute Gasteiger partial charge is 0.277 e. The molecule has 0 fully saturated rings. The summed E-state index contributed by atoms with van der Waals surface area (Å²) in [5.74, 6) is 0.549. The van der Waals surface area contributed by atoms with Crippen LogP contribution in [0.15, 0.2) is 51.0 Å². The number of aromatic nitrogens is 2. The second-order valence-electron chi connectivity index (χ2n) is 3.73. The number of nitrogens with one attached hydrogen (secondary N) is 1. The molecule has 20 heavy (non-hydrogen) atoms. The Kier molecular flexibility index (Phi) is 5.37. The number of thioether (sulfide) groups is 1. The quantitative estimate of drug-likeness (QED) is 0.638. The van der Waals surface area contributed by atoms with Crippen molar-refractivity contribution in [2.45, 2.75) is 5.22 Å². The van der Waals surface area contributed by atoms with E-state index in [1.807, 2.05) is 24.3 Å². The standard InChI is InChI=1S/C13H12BrN3O2S/c1-2-7-15-11(18)8-20-13-17-16-12(19-13)9-5-3-4-6-10(9)14/h2-6H,1,7-8H2,(H,15,18). The Labute approximate surface area is 129 Å². The topological polar surface area (TPSA) is 68.0 Å². The molecule has 0 bridgehead atoms. The maximum absolute atomic E-state index is 11.4. The van der Waals surface area contributed by atoms with Gasteiger partial charge in [-0.25, -0.2) is 0 Å². The van der Waals surface area contributed by atoms with Gasteiger partial charge in [-0.05, 0) is 28.1 Å². The SMILES string of the molecule is C=CCNC(=O)CSc1nnc(-c2ccccc2Br)o1. The molecule has 0 aliphatic carbocycles. The van der Waals surface area contributed by atoms with E-state index in [1.165, 1.54) is 11.8 Å². The van der Waals surface area contributed by atoms with Crippen molar-refractivity contribution in [1.82, 2.24) is 15.5 Å². The van der Waals surface area contributed by atoms with E-state index in [1.54, 1.807) is 6.08 Å². The Hall–Kier alpha value is -1.60. The number of carbonyl (C=O) groups is 1. The van der Waals surface area contributed by atoms with E-state index in [0.717, 1.165) is 10.0 Å². The van der Waals surface area contributed by atoms with Crippen molar-refractivity contribution in [2.24, 2.45) is 0 Å². The highest BCUT2D eigenvalue weighted by atomic mass is 79.9. The van der Waals surface area contributed by atoms with Crippen molar-refractivity contribution in [2.75, 3.05) is 12.3 Å². The summed E-state index contributed by atoms with van der Waals surface area (Å²) in [6, 6.07) is 7.57. The fourth-order valence-corrected chi connectivity index (χ4v) is 2.42. The maximum Gasteiger partial charge on any atom is 0.277 e. The Morgan fingerprint density at radius 3 is 3.00 bits per heavy atom. The summed E-state index contributed by atoms with van der Waals surface area (Å²) in [4.78, 5) is 11.4. The maximum atomic E-state index is 11.4. The van der Waals surface area contributed by atoms with Crippen molar-refractivity contribution >= 4 is 33.6 Å². The number of carbonyl (C=O) groups excluding carboxylic acids is 1. The van der Waals surface area contributed by atoms with Gasteiger partial charge in [0.15, 0.2) is 0 Å². The monoisotopic (exact) mass is 353 g/mol. The van der Waals surface area contributed by atoms with Crippen LogP contribution in [0.1, 0.15) is 0 Å². The third-order valence-electron chi connectivity index (χ3n) is 2.28. The lowest BCUT2D eigenvalue weighted by molar-refractivity contribution is -0.118. The fourth-order valence-electron chi connectivity index (χ4n) is 1.38. The Bertz CT molecular complexity index is 615. The predicted octanol–water partition coefficient (Wildman–Crippen LogP) is 2.89. The molecular weight excluding hydrogens is 342 g/mol. The number of hydrogen-bond donors (Lipinski definition) is 1. The van der Waals surface area contributed by atoms with E-state index >= 15 is 0 Å². The molecule has 1 heterocycles. The summed E-state index contributed by atoms with van der Waals surface area (Å²) in [6.45, 7) is 3.98. The molecule has 104 valence electrons. The van der Waals surface area contributed by atoms with Gasteiger partial charge in [-0.2, -0.15) is 0 Å². The van der Waals surface area contributed by atoms with Gasteiger partial charge in [0.05, 0.1) is 11.3 Å². The van der Waals surface area contributed by atoms with Crippen LogP contribution >= 0.6 is 27.7 Å². The zero-order valence-corrected chi connectivity index (χ0v) is 12.9. The van der Waals surface area contributed by atoms with Crippen LogP contribution in [0.2, 0.25) is 0 Å². The van der Waals surface area contributed by atoms with Crippen LogP contribution in [0.4, 0.5) is 0 Å². The molecule has 0 saturated carbocycles. The van der Waals surface area contributed by atoms with Crippen LogP contribution in [0.25, 0.3) is 11.5 Å². The summed E-state index contributed by atoms with van der Waals surface area (Å²) < 4.78 is 6.39. The molecule has 0 saturated heterocycles. The number of benzene rings is 1. The third kappa shape index (κ3) is 3.94. The van der Waals surface area contributed by atoms with Crippen molar-refractivity contribution in [1.29, 1.82) is 0 Å². The largest absolute Gasteiger partial charge is 0.411 e. The summed E-state index contributed by atoms with van der Waals surface area (Å²) in [6.07, 6.45) is 1.63. The van der Waals surface area contributed by atoms with Crippen LogP contribution in [0, 0.1) is 0 Å². The van der Waals surface area contributed by atoms with Gasteiger partial charge in [0.2, 0.25) is 11.8 Å². The van der Waals surface area contributed by atoms with E-state index < -0.39 is 0 Å². The predicted molar refractivity (Wildman–Crippen MR) is 81.4 cm³/mol. The molecule has 7 heteroatoms. The second-order valence-corrected chi connectivity index (χ2v) is 5.52. The van der Waals surface area contributed by atoms with Crippen LogP contribution in [-0.4, -0.2) is 28.4 Å². The molecule has 1 aromatic heterocycles. The number of amides is 1. The molecular formula is C13H12BrN3O2S. The van der Waals surface area contributed by atoms with Crippen molar-refractivity contribution < 1.29 is 9.21 Å². The molecule has 1 aromatic carbocycles.